The maximum Gasteiger partial charge on any atom is 0.253 e. The minimum atomic E-state index is 0.0904. The van der Waals surface area contributed by atoms with Crippen LogP contribution in [-0.4, -0.2) is 35.5 Å². The van der Waals surface area contributed by atoms with Crippen LogP contribution < -0.4 is 4.74 Å². The third kappa shape index (κ3) is 4.45. The molecule has 1 aliphatic carbocycles. The average Bonchev–Trinajstić information content (AvgIpc) is 3.67. The van der Waals surface area contributed by atoms with Gasteiger partial charge in [0.05, 0.1) is 12.2 Å². The molecule has 1 amide bonds. The van der Waals surface area contributed by atoms with Gasteiger partial charge in [-0.15, -0.1) is 0 Å². The predicted molar refractivity (Wildman–Crippen MR) is 138 cm³/mol. The molecule has 0 unspecified atom stereocenters. The molecule has 36 heavy (non-hydrogen) atoms. The molecular formula is C30H27N3O3. The summed E-state index contributed by atoms with van der Waals surface area (Å²) in [6, 6.07) is 19.3. The second kappa shape index (κ2) is 9.50. The molecule has 6 heteroatoms. The van der Waals surface area contributed by atoms with Gasteiger partial charge in [-0.25, -0.2) is 0 Å². The largest absolute Gasteiger partial charge is 0.492 e. The van der Waals surface area contributed by atoms with Crippen LogP contribution in [0.25, 0.3) is 33.6 Å². The number of carbonyl (C=O) groups excluding carboxylic acids is 1. The summed E-state index contributed by atoms with van der Waals surface area (Å²) in [6.45, 7) is 2.33. The van der Waals surface area contributed by atoms with Crippen molar-refractivity contribution in [2.45, 2.75) is 32.1 Å². The lowest BCUT2D eigenvalue weighted by atomic mass is 10.0. The normalized spacial score (nSPS) is 15.6. The first kappa shape index (κ1) is 22.4. The molecule has 6 rings (SSSR count). The van der Waals surface area contributed by atoms with Crippen LogP contribution in [-0.2, 0) is 0 Å². The second-order valence-electron chi connectivity index (χ2n) is 9.69. The Morgan fingerprint density at radius 1 is 1.03 bits per heavy atom. The molecule has 2 aliphatic rings. The number of fused-ring (bicyclic) bond motifs is 1. The number of furan rings is 1. The van der Waals surface area contributed by atoms with E-state index in [9.17, 15) is 10.1 Å². The summed E-state index contributed by atoms with van der Waals surface area (Å²) in [4.78, 5) is 19.2. The molecule has 0 radical (unpaired) electrons. The number of pyridine rings is 1. The van der Waals surface area contributed by atoms with Crippen LogP contribution in [0.15, 0.2) is 65.2 Å². The van der Waals surface area contributed by atoms with Crippen molar-refractivity contribution in [3.8, 4) is 34.3 Å². The van der Waals surface area contributed by atoms with Crippen LogP contribution in [0.2, 0.25) is 0 Å². The van der Waals surface area contributed by atoms with Crippen molar-refractivity contribution in [3.63, 3.8) is 0 Å². The molecule has 0 atom stereocenters. The lowest BCUT2D eigenvalue weighted by Gasteiger charge is -2.26. The molecule has 2 fully saturated rings. The van der Waals surface area contributed by atoms with Crippen LogP contribution in [0.1, 0.15) is 48.0 Å². The zero-order valence-electron chi connectivity index (χ0n) is 20.1. The average molecular weight is 478 g/mol. The van der Waals surface area contributed by atoms with Gasteiger partial charge in [0.15, 0.2) is 5.58 Å². The molecule has 1 aliphatic heterocycles. The van der Waals surface area contributed by atoms with Gasteiger partial charge < -0.3 is 14.1 Å². The summed E-state index contributed by atoms with van der Waals surface area (Å²) in [5, 5.41) is 9.69. The van der Waals surface area contributed by atoms with Gasteiger partial charge >= 0.3 is 0 Å². The van der Waals surface area contributed by atoms with Crippen LogP contribution in [0, 0.1) is 17.2 Å². The molecule has 3 heterocycles. The Hall–Kier alpha value is -4.11. The van der Waals surface area contributed by atoms with Crippen molar-refractivity contribution in [1.82, 2.24) is 9.88 Å². The van der Waals surface area contributed by atoms with Crippen LogP contribution >= 0.6 is 0 Å². The third-order valence-corrected chi connectivity index (χ3v) is 7.05. The van der Waals surface area contributed by atoms with E-state index in [0.29, 0.717) is 40.7 Å². The number of likely N-dealkylation sites (tertiary alicyclic amines) is 1. The Balaban J connectivity index is 1.28. The number of hydrogen-bond acceptors (Lipinski definition) is 5. The number of aromatic nitrogens is 1. The van der Waals surface area contributed by atoms with Crippen molar-refractivity contribution < 1.29 is 13.9 Å². The summed E-state index contributed by atoms with van der Waals surface area (Å²) in [5.74, 6) is 2.02. The molecule has 2 aromatic heterocycles. The number of benzene rings is 2. The standard InChI is InChI=1S/C30H27N3O3/c31-18-24-16-23(10-11-27(24)35-19-20-4-5-20)25-12-13-32-26-17-28(36-29(25)26)21-6-8-22(9-7-21)30(34)33-14-2-1-3-15-33/h6-13,16-17,20H,1-5,14-15,19H2. The highest BCUT2D eigenvalue weighted by Gasteiger charge is 2.23. The number of piperidine rings is 1. The fraction of sp³-hybridized carbons (Fsp3) is 0.300. The van der Waals surface area contributed by atoms with Crippen LogP contribution in [0.3, 0.4) is 0 Å². The highest BCUT2D eigenvalue weighted by atomic mass is 16.5. The van der Waals surface area contributed by atoms with Gasteiger partial charge in [0.2, 0.25) is 0 Å². The summed E-state index contributed by atoms with van der Waals surface area (Å²) >= 11 is 0. The van der Waals surface area contributed by atoms with Gasteiger partial charge in [-0.05, 0) is 73.9 Å². The molecule has 6 nitrogen and oxygen atoms in total. The molecule has 0 spiro atoms. The Labute approximate surface area is 210 Å². The van der Waals surface area contributed by atoms with Gasteiger partial charge in [-0.1, -0.05) is 18.2 Å². The van der Waals surface area contributed by atoms with E-state index in [1.165, 1.54) is 19.3 Å². The lowest BCUT2D eigenvalue weighted by Crippen LogP contribution is -2.35. The minimum Gasteiger partial charge on any atom is -0.492 e. The van der Waals surface area contributed by atoms with Gasteiger partial charge in [-0.2, -0.15) is 5.26 Å². The molecule has 0 N–H and O–H groups in total. The van der Waals surface area contributed by atoms with E-state index in [1.807, 2.05) is 59.5 Å². The number of nitrogens with zero attached hydrogens (tertiary/aromatic N) is 3. The topological polar surface area (TPSA) is 79.4 Å². The van der Waals surface area contributed by atoms with E-state index < -0.39 is 0 Å². The molecule has 4 aromatic rings. The van der Waals surface area contributed by atoms with Crippen molar-refractivity contribution >= 4 is 17.0 Å². The Kier molecular flexibility index (Phi) is 5.90. The minimum absolute atomic E-state index is 0.0904. The number of hydrogen-bond donors (Lipinski definition) is 0. The van der Waals surface area contributed by atoms with E-state index in [2.05, 4.69) is 11.1 Å². The summed E-state index contributed by atoms with van der Waals surface area (Å²) < 4.78 is 12.1. The van der Waals surface area contributed by atoms with Gasteiger partial charge in [0, 0.05) is 42.0 Å². The van der Waals surface area contributed by atoms with Gasteiger partial charge in [0.1, 0.15) is 23.1 Å². The number of nitriles is 1. The molecule has 1 saturated heterocycles. The number of carbonyl (C=O) groups is 1. The SMILES string of the molecule is N#Cc1cc(-c2ccnc3cc(-c4ccc(C(=O)N5CCCCC5)cc4)oc23)ccc1OCC1CC1. The zero-order valence-corrected chi connectivity index (χ0v) is 20.1. The smallest absolute Gasteiger partial charge is 0.253 e. The van der Waals surface area contributed by atoms with Crippen LogP contribution in [0.5, 0.6) is 5.75 Å². The van der Waals surface area contributed by atoms with E-state index in [0.717, 1.165) is 48.1 Å². The lowest BCUT2D eigenvalue weighted by molar-refractivity contribution is 0.0724. The number of ether oxygens (including phenoxy) is 1. The first-order valence-corrected chi connectivity index (χ1v) is 12.7. The quantitative estimate of drug-likeness (QED) is 0.319. The van der Waals surface area contributed by atoms with E-state index in [4.69, 9.17) is 9.15 Å². The summed E-state index contributed by atoms with van der Waals surface area (Å²) in [5.41, 5.74) is 5.24. The maximum atomic E-state index is 12.8. The summed E-state index contributed by atoms with van der Waals surface area (Å²) in [6.07, 6.45) is 7.50. The molecule has 0 bridgehead atoms. The first-order valence-electron chi connectivity index (χ1n) is 12.7. The Morgan fingerprint density at radius 2 is 1.81 bits per heavy atom. The highest BCUT2D eigenvalue weighted by molar-refractivity contribution is 5.95. The third-order valence-electron chi connectivity index (χ3n) is 7.05. The van der Waals surface area contributed by atoms with Crippen LogP contribution in [0.4, 0.5) is 0 Å². The first-order chi connectivity index (χ1) is 17.7. The van der Waals surface area contributed by atoms with Gasteiger partial charge in [0.25, 0.3) is 5.91 Å². The highest BCUT2D eigenvalue weighted by Crippen LogP contribution is 2.36. The van der Waals surface area contributed by atoms with Crippen molar-refractivity contribution in [1.29, 1.82) is 5.26 Å². The van der Waals surface area contributed by atoms with E-state index in [-0.39, 0.29) is 5.91 Å². The zero-order chi connectivity index (χ0) is 24.5. The predicted octanol–water partition coefficient (Wildman–Crippen LogP) is 6.45. The van der Waals surface area contributed by atoms with Crippen molar-refractivity contribution in [3.05, 3.63) is 71.9 Å². The van der Waals surface area contributed by atoms with Gasteiger partial charge in [-0.3, -0.25) is 9.78 Å². The Bertz CT molecular complexity index is 1460. The fourth-order valence-electron chi connectivity index (χ4n) is 4.77. The summed E-state index contributed by atoms with van der Waals surface area (Å²) in [7, 11) is 0. The second-order valence-corrected chi connectivity index (χ2v) is 9.69. The fourth-order valence-corrected chi connectivity index (χ4v) is 4.77. The molecule has 180 valence electrons. The molecular weight excluding hydrogens is 450 g/mol. The van der Waals surface area contributed by atoms with Crippen molar-refractivity contribution in [2.24, 2.45) is 5.92 Å². The number of amides is 1. The molecule has 2 aromatic carbocycles. The van der Waals surface area contributed by atoms with Crippen molar-refractivity contribution in [2.75, 3.05) is 19.7 Å². The monoisotopic (exact) mass is 477 g/mol. The maximum absolute atomic E-state index is 12.8. The Morgan fingerprint density at radius 3 is 2.56 bits per heavy atom. The molecule has 1 saturated carbocycles. The van der Waals surface area contributed by atoms with E-state index in [1.54, 1.807) is 6.20 Å². The number of rotatable bonds is 6. The van der Waals surface area contributed by atoms with E-state index >= 15 is 0 Å².